The Balaban J connectivity index is 1.03. The van der Waals surface area contributed by atoms with Gasteiger partial charge in [-0.05, 0) is 46.9 Å². The van der Waals surface area contributed by atoms with Crippen molar-refractivity contribution >= 4 is 18.0 Å². The van der Waals surface area contributed by atoms with E-state index in [4.69, 9.17) is 9.84 Å². The zero-order valence-electron chi connectivity index (χ0n) is 19.3. The van der Waals surface area contributed by atoms with Gasteiger partial charge in [0.05, 0.1) is 5.92 Å². The first-order valence-corrected chi connectivity index (χ1v) is 12.1. The van der Waals surface area contributed by atoms with Crippen LogP contribution in [0.15, 0.2) is 48.5 Å². The molecule has 1 heterocycles. The first-order valence-electron chi connectivity index (χ1n) is 12.1. The number of nitrogens with zero attached hydrogens (tertiary/aromatic N) is 1. The summed E-state index contributed by atoms with van der Waals surface area (Å²) in [6, 6.07) is 16.5. The van der Waals surface area contributed by atoms with Crippen molar-refractivity contribution in [1.29, 1.82) is 0 Å². The Labute approximate surface area is 199 Å². The maximum absolute atomic E-state index is 12.6. The van der Waals surface area contributed by atoms with Crippen LogP contribution >= 0.6 is 0 Å². The van der Waals surface area contributed by atoms with Crippen LogP contribution in [0.2, 0.25) is 0 Å². The van der Waals surface area contributed by atoms with Crippen LogP contribution in [-0.4, -0.2) is 54.2 Å². The number of carbonyl (C=O) groups is 3. The molecule has 2 N–H and O–H groups in total. The average Bonchev–Trinajstić information content (AvgIpc) is 3.20. The molecule has 34 heavy (non-hydrogen) atoms. The van der Waals surface area contributed by atoms with Crippen LogP contribution in [0, 0.1) is 23.7 Å². The summed E-state index contributed by atoms with van der Waals surface area (Å²) in [7, 11) is 0. The van der Waals surface area contributed by atoms with Crippen LogP contribution < -0.4 is 5.32 Å². The fourth-order valence-electron chi connectivity index (χ4n) is 5.76. The van der Waals surface area contributed by atoms with Gasteiger partial charge in [-0.15, -0.1) is 0 Å². The van der Waals surface area contributed by atoms with E-state index in [-0.39, 0.29) is 42.1 Å². The molecule has 2 aromatic rings. The predicted octanol–water partition coefficient (Wildman–Crippen LogP) is 3.73. The van der Waals surface area contributed by atoms with Gasteiger partial charge in [0.1, 0.15) is 6.61 Å². The Morgan fingerprint density at radius 1 is 1.03 bits per heavy atom. The molecule has 1 aliphatic heterocycles. The van der Waals surface area contributed by atoms with Crippen molar-refractivity contribution in [3.63, 3.8) is 0 Å². The summed E-state index contributed by atoms with van der Waals surface area (Å²) in [5.41, 5.74) is 4.75. The number of rotatable bonds is 8. The number of ether oxygens (including phenoxy) is 1. The largest absolute Gasteiger partial charge is 0.481 e. The molecule has 178 valence electrons. The Morgan fingerprint density at radius 3 is 2.21 bits per heavy atom. The lowest BCUT2D eigenvalue weighted by Gasteiger charge is -2.23. The van der Waals surface area contributed by atoms with E-state index in [0.29, 0.717) is 32.5 Å². The minimum atomic E-state index is -0.741. The van der Waals surface area contributed by atoms with E-state index in [0.717, 1.165) is 0 Å². The average molecular weight is 463 g/mol. The SMILES string of the molecule is CC(CCCNC(=O)OCC1c2ccccc2-c2ccccc21)C(=O)N1C[C@@H]2C(C(=O)O)[C@@H]2C1. The Hall–Kier alpha value is -3.35. The lowest BCUT2D eigenvalue weighted by molar-refractivity contribution is -0.141. The molecule has 2 fully saturated rings. The molecule has 1 saturated carbocycles. The van der Waals surface area contributed by atoms with E-state index in [1.807, 2.05) is 31.2 Å². The Morgan fingerprint density at radius 2 is 1.62 bits per heavy atom. The van der Waals surface area contributed by atoms with Crippen molar-refractivity contribution in [2.45, 2.75) is 25.7 Å². The number of nitrogens with one attached hydrogen (secondary N) is 1. The third-order valence-corrected chi connectivity index (χ3v) is 7.64. The number of likely N-dealkylation sites (tertiary alicyclic amines) is 1. The molecule has 0 aromatic heterocycles. The highest BCUT2D eigenvalue weighted by atomic mass is 16.5. The van der Waals surface area contributed by atoms with Gasteiger partial charge in [-0.2, -0.15) is 0 Å². The van der Waals surface area contributed by atoms with E-state index in [1.165, 1.54) is 22.3 Å². The maximum atomic E-state index is 12.6. The number of hydrogen-bond acceptors (Lipinski definition) is 4. The number of piperidine rings is 1. The number of carboxylic acids is 1. The molecule has 1 saturated heterocycles. The molecule has 2 unspecified atom stereocenters. The predicted molar refractivity (Wildman–Crippen MR) is 126 cm³/mol. The molecule has 7 nitrogen and oxygen atoms in total. The lowest BCUT2D eigenvalue weighted by Crippen LogP contribution is -2.36. The van der Waals surface area contributed by atoms with Crippen molar-refractivity contribution in [3.8, 4) is 11.1 Å². The number of aliphatic carboxylic acids is 1. The molecule has 0 bridgehead atoms. The molecule has 5 rings (SSSR count). The topological polar surface area (TPSA) is 95.9 Å². The van der Waals surface area contributed by atoms with Gasteiger partial charge in [0, 0.05) is 31.5 Å². The summed E-state index contributed by atoms with van der Waals surface area (Å²) < 4.78 is 5.55. The van der Waals surface area contributed by atoms with Gasteiger partial charge in [-0.1, -0.05) is 55.5 Å². The van der Waals surface area contributed by atoms with Gasteiger partial charge in [0.15, 0.2) is 0 Å². The molecule has 2 aromatic carbocycles. The fraction of sp³-hybridized carbons (Fsp3) is 0.444. The van der Waals surface area contributed by atoms with Crippen LogP contribution in [0.1, 0.15) is 36.8 Å². The number of amides is 2. The number of hydrogen-bond donors (Lipinski definition) is 2. The summed E-state index contributed by atoms with van der Waals surface area (Å²) in [6.45, 7) is 3.74. The second-order valence-corrected chi connectivity index (χ2v) is 9.73. The molecule has 4 atom stereocenters. The second-order valence-electron chi connectivity index (χ2n) is 9.73. The monoisotopic (exact) mass is 462 g/mol. The number of carbonyl (C=O) groups excluding carboxylic acids is 2. The number of carboxylic acid groups (broad SMARTS) is 1. The number of fused-ring (bicyclic) bond motifs is 4. The van der Waals surface area contributed by atoms with Crippen molar-refractivity contribution in [1.82, 2.24) is 10.2 Å². The lowest BCUT2D eigenvalue weighted by atomic mass is 9.98. The van der Waals surface area contributed by atoms with Crippen LogP contribution in [0.3, 0.4) is 0 Å². The minimum absolute atomic E-state index is 0.0307. The molecule has 0 radical (unpaired) electrons. The third kappa shape index (κ3) is 4.15. The number of alkyl carbamates (subject to hydrolysis) is 1. The van der Waals surface area contributed by atoms with Crippen LogP contribution in [0.4, 0.5) is 4.79 Å². The Kier molecular flexibility index (Phi) is 6.02. The number of benzene rings is 2. The first-order chi connectivity index (χ1) is 16.5. The summed E-state index contributed by atoms with van der Waals surface area (Å²) >= 11 is 0. The molecule has 2 amide bonds. The van der Waals surface area contributed by atoms with E-state index in [2.05, 4.69) is 29.6 Å². The highest BCUT2D eigenvalue weighted by molar-refractivity contribution is 5.81. The van der Waals surface area contributed by atoms with Crippen LogP contribution in [-0.2, 0) is 14.3 Å². The van der Waals surface area contributed by atoms with Crippen molar-refractivity contribution in [3.05, 3.63) is 59.7 Å². The zero-order valence-corrected chi connectivity index (χ0v) is 19.3. The summed E-state index contributed by atoms with van der Waals surface area (Å²) in [6.07, 6.45) is 0.895. The van der Waals surface area contributed by atoms with Gasteiger partial charge in [-0.3, -0.25) is 9.59 Å². The summed E-state index contributed by atoms with van der Waals surface area (Å²) in [4.78, 5) is 37.8. The molecule has 3 aliphatic rings. The fourth-order valence-corrected chi connectivity index (χ4v) is 5.76. The van der Waals surface area contributed by atoms with E-state index < -0.39 is 12.1 Å². The maximum Gasteiger partial charge on any atom is 0.407 e. The molecule has 7 heteroatoms. The van der Waals surface area contributed by atoms with Gasteiger partial charge in [0.25, 0.3) is 0 Å². The van der Waals surface area contributed by atoms with E-state index in [9.17, 15) is 14.4 Å². The van der Waals surface area contributed by atoms with Gasteiger partial charge < -0.3 is 20.1 Å². The van der Waals surface area contributed by atoms with Crippen LogP contribution in [0.5, 0.6) is 0 Å². The van der Waals surface area contributed by atoms with E-state index in [1.54, 1.807) is 4.90 Å². The molecule has 0 spiro atoms. The molecular formula is C27H30N2O5. The third-order valence-electron chi connectivity index (χ3n) is 7.64. The van der Waals surface area contributed by atoms with Crippen molar-refractivity contribution in [2.24, 2.45) is 23.7 Å². The standard InChI is InChI=1S/C27H30N2O5/c1-16(25(30)29-13-21-22(14-29)24(21)26(31)32)7-6-12-28-27(33)34-15-23-19-10-4-2-8-17(19)18-9-3-5-11-20(18)23/h2-5,8-11,16,21-24H,6-7,12-15H2,1H3,(H,28,33)(H,31,32)/t16?,21-,22+,24?. The molecule has 2 aliphatic carbocycles. The highest BCUT2D eigenvalue weighted by Gasteiger charge is 2.60. The van der Waals surface area contributed by atoms with Gasteiger partial charge in [0.2, 0.25) is 5.91 Å². The normalized spacial score (nSPS) is 23.0. The summed E-state index contributed by atoms with van der Waals surface area (Å²) in [5.74, 6) is -0.784. The van der Waals surface area contributed by atoms with Crippen LogP contribution in [0.25, 0.3) is 11.1 Å². The zero-order chi connectivity index (χ0) is 23.8. The second kappa shape index (κ2) is 9.12. The quantitative estimate of drug-likeness (QED) is 0.583. The minimum Gasteiger partial charge on any atom is -0.481 e. The first kappa shape index (κ1) is 22.4. The van der Waals surface area contributed by atoms with Crippen molar-refractivity contribution < 1.29 is 24.2 Å². The summed E-state index contributed by atoms with van der Waals surface area (Å²) in [5, 5.41) is 11.9. The Bertz CT molecular complexity index is 1060. The van der Waals surface area contributed by atoms with Gasteiger partial charge >= 0.3 is 12.1 Å². The highest BCUT2D eigenvalue weighted by Crippen LogP contribution is 2.52. The van der Waals surface area contributed by atoms with Gasteiger partial charge in [-0.25, -0.2) is 4.79 Å². The smallest absolute Gasteiger partial charge is 0.407 e. The van der Waals surface area contributed by atoms with E-state index >= 15 is 0 Å². The van der Waals surface area contributed by atoms with Crippen molar-refractivity contribution in [2.75, 3.05) is 26.2 Å². The molecular weight excluding hydrogens is 432 g/mol.